The molecule has 2 aromatic rings. The fourth-order valence-electron chi connectivity index (χ4n) is 1.49. The van der Waals surface area contributed by atoms with Crippen LogP contribution < -0.4 is 5.32 Å². The quantitative estimate of drug-likeness (QED) is 0.691. The zero-order valence-corrected chi connectivity index (χ0v) is 12.0. The van der Waals surface area contributed by atoms with Crippen molar-refractivity contribution in [2.45, 2.75) is 0 Å². The number of halogens is 1. The summed E-state index contributed by atoms with van der Waals surface area (Å²) in [6, 6.07) is 3.44. The number of nitrogens with one attached hydrogen (secondary N) is 1. The van der Waals surface area contributed by atoms with Gasteiger partial charge in [-0.1, -0.05) is 0 Å². The number of esters is 1. The SMILES string of the molecule is COC(=O)c1sc(-c2ccnnc2)cc1NC(=O)CCl. The topological polar surface area (TPSA) is 81.2 Å². The van der Waals surface area contributed by atoms with Gasteiger partial charge in [-0.25, -0.2) is 4.79 Å². The number of nitrogens with zero attached hydrogens (tertiary/aromatic N) is 2. The Bertz CT molecular complexity index is 630. The van der Waals surface area contributed by atoms with E-state index in [1.54, 1.807) is 24.5 Å². The molecule has 0 bridgehead atoms. The predicted molar refractivity (Wildman–Crippen MR) is 76.0 cm³/mol. The Morgan fingerprint density at radius 2 is 2.25 bits per heavy atom. The van der Waals surface area contributed by atoms with Crippen molar-refractivity contribution in [2.24, 2.45) is 0 Å². The van der Waals surface area contributed by atoms with Crippen LogP contribution in [0.25, 0.3) is 10.4 Å². The minimum Gasteiger partial charge on any atom is -0.465 e. The van der Waals surface area contributed by atoms with Crippen LogP contribution in [0, 0.1) is 0 Å². The van der Waals surface area contributed by atoms with Gasteiger partial charge in [0.2, 0.25) is 5.91 Å². The maximum absolute atomic E-state index is 11.7. The Labute approximate surface area is 123 Å². The molecule has 8 heteroatoms. The van der Waals surface area contributed by atoms with E-state index in [9.17, 15) is 9.59 Å². The van der Waals surface area contributed by atoms with Crippen LogP contribution in [0.15, 0.2) is 24.5 Å². The van der Waals surface area contributed by atoms with Crippen LogP contribution in [0.3, 0.4) is 0 Å². The number of carbonyl (C=O) groups excluding carboxylic acids is 2. The van der Waals surface area contributed by atoms with Gasteiger partial charge < -0.3 is 10.1 Å². The van der Waals surface area contributed by atoms with Crippen LogP contribution in [0.4, 0.5) is 5.69 Å². The molecule has 0 fully saturated rings. The number of amides is 1. The average Bonchev–Trinajstić information content (AvgIpc) is 2.91. The molecule has 0 aliphatic carbocycles. The molecule has 0 spiro atoms. The number of alkyl halides is 1. The highest BCUT2D eigenvalue weighted by molar-refractivity contribution is 7.18. The first kappa shape index (κ1) is 14.4. The number of hydrogen-bond acceptors (Lipinski definition) is 6. The lowest BCUT2D eigenvalue weighted by atomic mass is 10.2. The maximum atomic E-state index is 11.7. The molecule has 2 rings (SSSR count). The van der Waals surface area contributed by atoms with Gasteiger partial charge in [-0.15, -0.1) is 22.9 Å². The number of anilines is 1. The predicted octanol–water partition coefficient (Wildman–Crippen LogP) is 2.17. The lowest BCUT2D eigenvalue weighted by Crippen LogP contribution is -2.14. The van der Waals surface area contributed by atoms with Crippen LogP contribution in [-0.2, 0) is 9.53 Å². The van der Waals surface area contributed by atoms with Gasteiger partial charge in [0.25, 0.3) is 0 Å². The fraction of sp³-hybridized carbons (Fsp3) is 0.167. The van der Waals surface area contributed by atoms with Gasteiger partial charge in [0, 0.05) is 10.4 Å². The lowest BCUT2D eigenvalue weighted by Gasteiger charge is -2.02. The standard InChI is InChI=1S/C12H10ClN3O3S/c1-19-12(18)11-8(16-10(17)5-13)4-9(20-11)7-2-3-14-15-6-7/h2-4,6H,5H2,1H3,(H,16,17). The Balaban J connectivity index is 2.41. The van der Waals surface area contributed by atoms with Gasteiger partial charge in [-0.3, -0.25) is 4.79 Å². The second-order valence-electron chi connectivity index (χ2n) is 3.66. The molecule has 2 aromatic heterocycles. The van der Waals surface area contributed by atoms with Crippen LogP contribution in [0.2, 0.25) is 0 Å². The molecule has 20 heavy (non-hydrogen) atoms. The minimum atomic E-state index is -0.520. The van der Waals surface area contributed by atoms with E-state index in [1.807, 2.05) is 0 Å². The molecule has 1 N–H and O–H groups in total. The highest BCUT2D eigenvalue weighted by Gasteiger charge is 2.19. The van der Waals surface area contributed by atoms with Gasteiger partial charge in [0.05, 0.1) is 25.2 Å². The molecule has 0 radical (unpaired) electrons. The number of methoxy groups -OCH3 is 1. The number of aromatic nitrogens is 2. The van der Waals surface area contributed by atoms with E-state index >= 15 is 0 Å². The summed E-state index contributed by atoms with van der Waals surface area (Å²) in [5.41, 5.74) is 1.17. The van der Waals surface area contributed by atoms with Crippen molar-refractivity contribution in [3.63, 3.8) is 0 Å². The maximum Gasteiger partial charge on any atom is 0.350 e. The molecular weight excluding hydrogens is 302 g/mol. The first-order chi connectivity index (χ1) is 9.65. The number of carbonyl (C=O) groups is 2. The van der Waals surface area contributed by atoms with Crippen molar-refractivity contribution in [3.05, 3.63) is 29.4 Å². The molecule has 0 aliphatic rings. The third kappa shape index (κ3) is 3.12. The molecular formula is C12H10ClN3O3S. The smallest absolute Gasteiger partial charge is 0.350 e. The molecule has 2 heterocycles. The second kappa shape index (κ2) is 6.44. The normalized spacial score (nSPS) is 10.1. The first-order valence-electron chi connectivity index (χ1n) is 5.50. The lowest BCUT2D eigenvalue weighted by molar-refractivity contribution is -0.113. The van der Waals surface area contributed by atoms with E-state index in [2.05, 4.69) is 15.5 Å². The van der Waals surface area contributed by atoms with Gasteiger partial charge in [-0.05, 0) is 12.1 Å². The third-order valence-corrected chi connectivity index (χ3v) is 3.77. The number of thiophene rings is 1. The van der Waals surface area contributed by atoms with Crippen molar-refractivity contribution in [1.29, 1.82) is 0 Å². The van der Waals surface area contributed by atoms with Crippen LogP contribution in [0.1, 0.15) is 9.67 Å². The summed E-state index contributed by atoms with van der Waals surface area (Å²) in [5.74, 6) is -1.11. The van der Waals surface area contributed by atoms with E-state index in [0.717, 1.165) is 10.4 Å². The summed E-state index contributed by atoms with van der Waals surface area (Å²) in [5, 5.41) is 10.0. The number of hydrogen-bond donors (Lipinski definition) is 1. The zero-order chi connectivity index (χ0) is 14.5. The minimum absolute atomic E-state index is 0.192. The Morgan fingerprint density at radius 1 is 1.45 bits per heavy atom. The second-order valence-corrected chi connectivity index (χ2v) is 4.98. The van der Waals surface area contributed by atoms with Gasteiger partial charge >= 0.3 is 5.97 Å². The zero-order valence-electron chi connectivity index (χ0n) is 10.4. The molecule has 0 aliphatic heterocycles. The molecule has 104 valence electrons. The Morgan fingerprint density at radius 3 is 2.85 bits per heavy atom. The van der Waals surface area contributed by atoms with Crippen molar-refractivity contribution in [3.8, 4) is 10.4 Å². The molecule has 6 nitrogen and oxygen atoms in total. The molecule has 0 aromatic carbocycles. The third-order valence-electron chi connectivity index (χ3n) is 2.37. The summed E-state index contributed by atoms with van der Waals surface area (Å²) in [6.45, 7) is 0. The van der Waals surface area contributed by atoms with Crippen molar-refractivity contribution >= 4 is 40.5 Å². The van der Waals surface area contributed by atoms with E-state index in [-0.39, 0.29) is 5.88 Å². The van der Waals surface area contributed by atoms with E-state index in [0.29, 0.717) is 10.6 Å². The van der Waals surface area contributed by atoms with Crippen molar-refractivity contribution in [2.75, 3.05) is 18.3 Å². The van der Waals surface area contributed by atoms with Crippen LogP contribution in [-0.4, -0.2) is 35.1 Å². The van der Waals surface area contributed by atoms with Crippen molar-refractivity contribution < 1.29 is 14.3 Å². The highest BCUT2D eigenvalue weighted by Crippen LogP contribution is 2.34. The number of ether oxygens (including phenoxy) is 1. The average molecular weight is 312 g/mol. The van der Waals surface area contributed by atoms with Crippen LogP contribution >= 0.6 is 22.9 Å². The van der Waals surface area contributed by atoms with Gasteiger partial charge in [-0.2, -0.15) is 10.2 Å². The van der Waals surface area contributed by atoms with Gasteiger partial charge in [0.1, 0.15) is 10.8 Å². The number of rotatable bonds is 4. The Hall–Kier alpha value is -1.99. The molecule has 0 saturated carbocycles. The van der Waals surface area contributed by atoms with Gasteiger partial charge in [0.15, 0.2) is 0 Å². The van der Waals surface area contributed by atoms with E-state index in [4.69, 9.17) is 16.3 Å². The Kier molecular flexibility index (Phi) is 4.65. The van der Waals surface area contributed by atoms with E-state index in [1.165, 1.54) is 18.4 Å². The largest absolute Gasteiger partial charge is 0.465 e. The molecule has 0 saturated heterocycles. The van der Waals surface area contributed by atoms with E-state index < -0.39 is 11.9 Å². The fourth-order valence-corrected chi connectivity index (χ4v) is 2.58. The van der Waals surface area contributed by atoms with Crippen molar-refractivity contribution in [1.82, 2.24) is 10.2 Å². The summed E-state index contributed by atoms with van der Waals surface area (Å²) in [7, 11) is 1.28. The molecule has 0 unspecified atom stereocenters. The highest BCUT2D eigenvalue weighted by atomic mass is 35.5. The van der Waals surface area contributed by atoms with Crippen LogP contribution in [0.5, 0.6) is 0 Å². The summed E-state index contributed by atoms with van der Waals surface area (Å²) >= 11 is 6.65. The monoisotopic (exact) mass is 311 g/mol. The summed E-state index contributed by atoms with van der Waals surface area (Å²) in [6.07, 6.45) is 3.12. The summed E-state index contributed by atoms with van der Waals surface area (Å²) < 4.78 is 4.70. The first-order valence-corrected chi connectivity index (χ1v) is 6.86. The molecule has 1 amide bonds. The summed E-state index contributed by atoms with van der Waals surface area (Å²) in [4.78, 5) is 24.2. The molecule has 0 atom stereocenters.